The third-order valence-corrected chi connectivity index (χ3v) is 4.29. The SMILES string of the molecule is CCC(C)(C)CNc1nc(Nc2ccncc2)nc(-c2ccccc2)n1. The zero-order chi connectivity index (χ0) is 18.4. The number of nitrogens with zero attached hydrogens (tertiary/aromatic N) is 4. The fraction of sp³-hybridized carbons (Fsp3) is 0.300. The zero-order valence-corrected chi connectivity index (χ0v) is 15.4. The van der Waals surface area contributed by atoms with Crippen LogP contribution in [0.3, 0.4) is 0 Å². The van der Waals surface area contributed by atoms with Crippen molar-refractivity contribution in [1.82, 2.24) is 19.9 Å². The van der Waals surface area contributed by atoms with Gasteiger partial charge in [0, 0.05) is 30.2 Å². The van der Waals surface area contributed by atoms with Crippen molar-refractivity contribution in [2.75, 3.05) is 17.2 Å². The molecule has 2 heterocycles. The van der Waals surface area contributed by atoms with Crippen molar-refractivity contribution in [2.24, 2.45) is 5.41 Å². The van der Waals surface area contributed by atoms with Crippen LogP contribution in [0.2, 0.25) is 0 Å². The normalized spacial score (nSPS) is 11.2. The lowest BCUT2D eigenvalue weighted by molar-refractivity contribution is 0.376. The van der Waals surface area contributed by atoms with Crippen LogP contribution in [-0.4, -0.2) is 26.5 Å². The lowest BCUT2D eigenvalue weighted by Crippen LogP contribution is -2.23. The Hall–Kier alpha value is -3.02. The maximum absolute atomic E-state index is 4.60. The molecule has 2 N–H and O–H groups in total. The van der Waals surface area contributed by atoms with E-state index in [1.165, 1.54) is 0 Å². The molecule has 3 rings (SSSR count). The molecule has 1 aromatic carbocycles. The van der Waals surface area contributed by atoms with E-state index in [1.54, 1.807) is 12.4 Å². The standard InChI is InChI=1S/C20H24N6/c1-4-20(2,3)14-22-18-24-17(15-8-6-5-7-9-15)25-19(26-18)23-16-10-12-21-13-11-16/h5-13H,4,14H2,1-3H3,(H2,21,22,23,24,25,26). The van der Waals surface area contributed by atoms with Gasteiger partial charge in [0.2, 0.25) is 11.9 Å². The van der Waals surface area contributed by atoms with Gasteiger partial charge in [-0.05, 0) is 24.0 Å². The van der Waals surface area contributed by atoms with Gasteiger partial charge in [-0.15, -0.1) is 0 Å². The van der Waals surface area contributed by atoms with Crippen LogP contribution in [0.4, 0.5) is 17.6 Å². The maximum atomic E-state index is 4.60. The van der Waals surface area contributed by atoms with E-state index < -0.39 is 0 Å². The molecule has 0 fully saturated rings. The van der Waals surface area contributed by atoms with Crippen LogP contribution in [-0.2, 0) is 0 Å². The Morgan fingerprint density at radius 3 is 2.27 bits per heavy atom. The fourth-order valence-electron chi connectivity index (χ4n) is 2.23. The molecule has 26 heavy (non-hydrogen) atoms. The van der Waals surface area contributed by atoms with Crippen molar-refractivity contribution in [3.8, 4) is 11.4 Å². The first-order valence-electron chi connectivity index (χ1n) is 8.78. The molecule has 2 aromatic heterocycles. The van der Waals surface area contributed by atoms with E-state index in [-0.39, 0.29) is 5.41 Å². The number of hydrogen-bond acceptors (Lipinski definition) is 6. The number of rotatable bonds is 7. The highest BCUT2D eigenvalue weighted by atomic mass is 15.2. The molecule has 6 nitrogen and oxygen atoms in total. The van der Waals surface area contributed by atoms with Gasteiger partial charge in [-0.1, -0.05) is 51.1 Å². The molecule has 0 aliphatic carbocycles. The predicted molar refractivity (Wildman–Crippen MR) is 105 cm³/mol. The predicted octanol–water partition coefficient (Wildman–Crippen LogP) is 4.53. The molecule has 3 aromatic rings. The summed E-state index contributed by atoms with van der Waals surface area (Å²) in [5.41, 5.74) is 1.99. The second-order valence-electron chi connectivity index (χ2n) is 6.90. The highest BCUT2D eigenvalue weighted by molar-refractivity contribution is 5.60. The van der Waals surface area contributed by atoms with Crippen molar-refractivity contribution < 1.29 is 0 Å². The molecule has 0 radical (unpaired) electrons. The topological polar surface area (TPSA) is 75.6 Å². The Labute approximate surface area is 154 Å². The van der Waals surface area contributed by atoms with E-state index in [0.29, 0.717) is 17.7 Å². The number of aromatic nitrogens is 4. The summed E-state index contributed by atoms with van der Waals surface area (Å²) in [5, 5.41) is 6.58. The van der Waals surface area contributed by atoms with Crippen LogP contribution in [0.25, 0.3) is 11.4 Å². The smallest absolute Gasteiger partial charge is 0.232 e. The maximum Gasteiger partial charge on any atom is 0.232 e. The zero-order valence-electron chi connectivity index (χ0n) is 15.4. The quantitative estimate of drug-likeness (QED) is 0.653. The molecule has 0 aliphatic heterocycles. The summed E-state index contributed by atoms with van der Waals surface area (Å²) in [6, 6.07) is 13.7. The van der Waals surface area contributed by atoms with Crippen molar-refractivity contribution in [3.05, 3.63) is 54.9 Å². The molecular formula is C20H24N6. The van der Waals surface area contributed by atoms with Gasteiger partial charge in [-0.2, -0.15) is 15.0 Å². The Morgan fingerprint density at radius 1 is 0.885 bits per heavy atom. The second kappa shape index (κ2) is 7.91. The van der Waals surface area contributed by atoms with Crippen LogP contribution >= 0.6 is 0 Å². The largest absolute Gasteiger partial charge is 0.354 e. The lowest BCUT2D eigenvalue weighted by atomic mass is 9.90. The van der Waals surface area contributed by atoms with Crippen molar-refractivity contribution in [2.45, 2.75) is 27.2 Å². The third-order valence-electron chi connectivity index (χ3n) is 4.29. The average molecular weight is 348 g/mol. The van der Waals surface area contributed by atoms with Gasteiger partial charge in [0.1, 0.15) is 0 Å². The van der Waals surface area contributed by atoms with Gasteiger partial charge in [0.15, 0.2) is 5.82 Å². The van der Waals surface area contributed by atoms with E-state index in [4.69, 9.17) is 0 Å². The summed E-state index contributed by atoms with van der Waals surface area (Å²) >= 11 is 0. The minimum absolute atomic E-state index is 0.165. The van der Waals surface area contributed by atoms with Gasteiger partial charge in [0.25, 0.3) is 0 Å². The summed E-state index contributed by atoms with van der Waals surface area (Å²) in [7, 11) is 0. The summed E-state index contributed by atoms with van der Waals surface area (Å²) in [6.45, 7) is 7.40. The molecule has 0 amide bonds. The summed E-state index contributed by atoms with van der Waals surface area (Å²) in [5.74, 6) is 1.70. The number of pyridine rings is 1. The van der Waals surface area contributed by atoms with Crippen LogP contribution in [0, 0.1) is 5.41 Å². The molecule has 0 aliphatic rings. The first-order chi connectivity index (χ1) is 12.6. The van der Waals surface area contributed by atoms with Gasteiger partial charge >= 0.3 is 0 Å². The lowest BCUT2D eigenvalue weighted by Gasteiger charge is -2.23. The first kappa shape index (κ1) is 17.8. The summed E-state index contributed by atoms with van der Waals surface area (Å²) < 4.78 is 0. The molecule has 0 saturated heterocycles. The van der Waals surface area contributed by atoms with E-state index in [9.17, 15) is 0 Å². The van der Waals surface area contributed by atoms with E-state index in [0.717, 1.165) is 24.2 Å². The van der Waals surface area contributed by atoms with Crippen LogP contribution in [0.5, 0.6) is 0 Å². The number of nitrogens with one attached hydrogen (secondary N) is 2. The van der Waals surface area contributed by atoms with Crippen molar-refractivity contribution in [3.63, 3.8) is 0 Å². The molecule has 0 atom stereocenters. The van der Waals surface area contributed by atoms with Crippen LogP contribution in [0.1, 0.15) is 27.2 Å². The summed E-state index contributed by atoms with van der Waals surface area (Å²) in [4.78, 5) is 17.7. The molecule has 6 heteroatoms. The molecule has 0 spiro atoms. The Balaban J connectivity index is 1.91. The van der Waals surface area contributed by atoms with Crippen molar-refractivity contribution >= 4 is 17.6 Å². The van der Waals surface area contributed by atoms with Crippen molar-refractivity contribution in [1.29, 1.82) is 0 Å². The Kier molecular flexibility index (Phi) is 5.41. The van der Waals surface area contributed by atoms with Gasteiger partial charge in [0.05, 0.1) is 0 Å². The number of hydrogen-bond donors (Lipinski definition) is 2. The fourth-order valence-corrected chi connectivity index (χ4v) is 2.23. The number of benzene rings is 1. The number of anilines is 3. The highest BCUT2D eigenvalue weighted by Gasteiger charge is 2.16. The average Bonchev–Trinajstić information content (AvgIpc) is 2.68. The van der Waals surface area contributed by atoms with Crippen LogP contribution in [0.15, 0.2) is 54.9 Å². The third kappa shape index (κ3) is 4.75. The minimum atomic E-state index is 0.165. The van der Waals surface area contributed by atoms with E-state index >= 15 is 0 Å². The van der Waals surface area contributed by atoms with Gasteiger partial charge in [-0.25, -0.2) is 0 Å². The Morgan fingerprint density at radius 2 is 1.58 bits per heavy atom. The summed E-state index contributed by atoms with van der Waals surface area (Å²) in [6.07, 6.45) is 4.52. The Bertz CT molecular complexity index is 833. The highest BCUT2D eigenvalue weighted by Crippen LogP contribution is 2.22. The molecular weight excluding hydrogens is 324 g/mol. The molecule has 0 bridgehead atoms. The van der Waals surface area contributed by atoms with Gasteiger partial charge in [-0.3, -0.25) is 4.98 Å². The first-order valence-corrected chi connectivity index (χ1v) is 8.78. The minimum Gasteiger partial charge on any atom is -0.354 e. The van der Waals surface area contributed by atoms with E-state index in [2.05, 4.69) is 51.3 Å². The monoisotopic (exact) mass is 348 g/mol. The van der Waals surface area contributed by atoms with Crippen LogP contribution < -0.4 is 10.6 Å². The second-order valence-corrected chi connectivity index (χ2v) is 6.90. The van der Waals surface area contributed by atoms with E-state index in [1.807, 2.05) is 42.5 Å². The van der Waals surface area contributed by atoms with Gasteiger partial charge < -0.3 is 10.6 Å². The molecule has 0 saturated carbocycles. The molecule has 134 valence electrons. The molecule has 0 unspecified atom stereocenters.